The van der Waals surface area contributed by atoms with Crippen molar-refractivity contribution >= 4 is 75.1 Å². The first-order valence-corrected chi connectivity index (χ1v) is 18.0. The third kappa shape index (κ3) is 4.32. The second-order valence-electron chi connectivity index (χ2n) is 13.1. The maximum absolute atomic E-state index is 4.99. The third-order valence-corrected chi connectivity index (χ3v) is 11.3. The van der Waals surface area contributed by atoms with E-state index in [9.17, 15) is 0 Å². The third-order valence-electron chi connectivity index (χ3n) is 10.2. The summed E-state index contributed by atoms with van der Waals surface area (Å²) < 4.78 is 7.04. The fourth-order valence-electron chi connectivity index (χ4n) is 7.87. The fraction of sp³-hybridized carbons (Fsp3) is 0. The van der Waals surface area contributed by atoms with Gasteiger partial charge in [0.25, 0.3) is 0 Å². The summed E-state index contributed by atoms with van der Waals surface area (Å²) in [7, 11) is 0. The second kappa shape index (κ2) is 11.0. The molecule has 0 amide bonds. The molecule has 11 rings (SSSR count). The number of thiophene rings is 1. The highest BCUT2D eigenvalue weighted by atomic mass is 32.1. The van der Waals surface area contributed by atoms with E-state index in [1.807, 2.05) is 12.4 Å². The Morgan fingerprint density at radius 2 is 0.765 bits per heavy atom. The largest absolute Gasteiger partial charge is 0.309 e. The van der Waals surface area contributed by atoms with Gasteiger partial charge in [-0.15, -0.1) is 11.3 Å². The van der Waals surface area contributed by atoms with Gasteiger partial charge in [0, 0.05) is 67.2 Å². The SMILES string of the molecule is c1ccc(-n2c3ccccc3c3ccc(-c4cc5c(cn4)sc4cnc(-c6ccc7c8ccccc8n(-c8ccccc8)c7c6)cc45)cc32)cc1. The summed E-state index contributed by atoms with van der Waals surface area (Å²) in [5.74, 6) is 0. The van der Waals surface area contributed by atoms with E-state index >= 15 is 0 Å². The number of aromatic nitrogens is 4. The lowest BCUT2D eigenvalue weighted by Gasteiger charge is -2.09. The number of para-hydroxylation sites is 4. The van der Waals surface area contributed by atoms with E-state index in [0.717, 1.165) is 43.3 Å². The Morgan fingerprint density at radius 1 is 0.353 bits per heavy atom. The molecule has 6 aromatic carbocycles. The number of pyridine rings is 2. The Labute approximate surface area is 297 Å². The van der Waals surface area contributed by atoms with Gasteiger partial charge in [-0.2, -0.15) is 0 Å². The fourth-order valence-corrected chi connectivity index (χ4v) is 8.88. The Bertz CT molecular complexity index is 2920. The van der Waals surface area contributed by atoms with Crippen molar-refractivity contribution in [2.75, 3.05) is 0 Å². The van der Waals surface area contributed by atoms with Crippen molar-refractivity contribution in [1.29, 1.82) is 0 Å². The number of fused-ring (bicyclic) bond motifs is 9. The summed E-state index contributed by atoms with van der Waals surface area (Å²) in [6.45, 7) is 0. The molecule has 5 aromatic heterocycles. The quantitative estimate of drug-likeness (QED) is 0.187. The molecule has 0 aliphatic heterocycles. The van der Waals surface area contributed by atoms with Gasteiger partial charge in [-0.3, -0.25) is 9.97 Å². The number of rotatable bonds is 4. The van der Waals surface area contributed by atoms with E-state index in [4.69, 9.17) is 9.97 Å². The average Bonchev–Trinajstić information content (AvgIpc) is 3.85. The molecular weight excluding hydrogens is 641 g/mol. The van der Waals surface area contributed by atoms with Crippen molar-refractivity contribution in [3.63, 3.8) is 0 Å². The van der Waals surface area contributed by atoms with Crippen LogP contribution in [0.5, 0.6) is 0 Å². The lowest BCUT2D eigenvalue weighted by atomic mass is 10.0. The number of benzene rings is 6. The number of hydrogen-bond donors (Lipinski definition) is 0. The van der Waals surface area contributed by atoms with Crippen LogP contribution < -0.4 is 0 Å². The van der Waals surface area contributed by atoms with Crippen LogP contribution in [0.15, 0.2) is 170 Å². The van der Waals surface area contributed by atoms with Crippen LogP contribution in [-0.4, -0.2) is 19.1 Å². The van der Waals surface area contributed by atoms with Crippen molar-refractivity contribution in [3.8, 4) is 33.9 Å². The molecule has 11 aromatic rings. The molecule has 0 aliphatic rings. The van der Waals surface area contributed by atoms with Crippen LogP contribution in [0.3, 0.4) is 0 Å². The van der Waals surface area contributed by atoms with Gasteiger partial charge in [-0.25, -0.2) is 0 Å². The van der Waals surface area contributed by atoms with Crippen molar-refractivity contribution in [2.45, 2.75) is 0 Å². The summed E-state index contributed by atoms with van der Waals surface area (Å²) in [5.41, 5.74) is 11.1. The van der Waals surface area contributed by atoms with E-state index in [1.165, 1.54) is 54.4 Å². The molecule has 5 heterocycles. The molecule has 4 nitrogen and oxygen atoms in total. The molecule has 0 radical (unpaired) electrons. The lowest BCUT2D eigenvalue weighted by molar-refractivity contribution is 1.18. The van der Waals surface area contributed by atoms with Crippen molar-refractivity contribution in [1.82, 2.24) is 19.1 Å². The van der Waals surface area contributed by atoms with E-state index in [2.05, 4.69) is 167 Å². The van der Waals surface area contributed by atoms with Gasteiger partial charge in [-0.05, 0) is 60.7 Å². The standard InChI is InChI=1S/C46H28N4S/c1-3-11-31(12-4-1)49-41-17-9-7-15-33(41)35-21-19-29(23-43(35)49)39-25-37-38-26-40(48-28-46(38)51-45(37)27-47-39)30-20-22-36-34-16-8-10-18-42(34)50(44(36)24-30)32-13-5-2-6-14-32/h1-28H. The summed E-state index contributed by atoms with van der Waals surface area (Å²) in [6, 6.07) is 56.5. The van der Waals surface area contributed by atoms with Gasteiger partial charge in [0.1, 0.15) is 0 Å². The van der Waals surface area contributed by atoms with Gasteiger partial charge < -0.3 is 9.13 Å². The maximum atomic E-state index is 4.99. The number of nitrogens with zero attached hydrogens (tertiary/aromatic N) is 4. The minimum absolute atomic E-state index is 0.959. The summed E-state index contributed by atoms with van der Waals surface area (Å²) >= 11 is 1.75. The molecule has 0 saturated carbocycles. The van der Waals surface area contributed by atoms with Crippen molar-refractivity contribution in [2.24, 2.45) is 0 Å². The summed E-state index contributed by atoms with van der Waals surface area (Å²) in [4.78, 5) is 9.98. The Balaban J connectivity index is 1.07. The Morgan fingerprint density at radius 3 is 1.24 bits per heavy atom. The Hall–Kier alpha value is -6.56. The predicted octanol–water partition coefficient (Wildman–Crippen LogP) is 12.4. The van der Waals surface area contributed by atoms with Gasteiger partial charge in [0.2, 0.25) is 0 Å². The molecule has 0 N–H and O–H groups in total. The minimum atomic E-state index is 0.959. The zero-order valence-corrected chi connectivity index (χ0v) is 28.2. The van der Waals surface area contributed by atoms with Crippen molar-refractivity contribution in [3.05, 3.63) is 170 Å². The van der Waals surface area contributed by atoms with Crippen LogP contribution in [0.4, 0.5) is 0 Å². The maximum Gasteiger partial charge on any atom is 0.0710 e. The van der Waals surface area contributed by atoms with Crippen LogP contribution in [0.1, 0.15) is 0 Å². The first-order valence-electron chi connectivity index (χ1n) is 17.1. The first-order chi connectivity index (χ1) is 25.3. The molecule has 0 atom stereocenters. The average molecular weight is 669 g/mol. The highest BCUT2D eigenvalue weighted by Gasteiger charge is 2.17. The van der Waals surface area contributed by atoms with Crippen LogP contribution in [0.25, 0.3) is 97.7 Å². The van der Waals surface area contributed by atoms with Gasteiger partial charge >= 0.3 is 0 Å². The molecule has 0 bridgehead atoms. The molecule has 0 aliphatic carbocycles. The van der Waals surface area contributed by atoms with Crippen LogP contribution in [-0.2, 0) is 0 Å². The molecule has 0 spiro atoms. The zero-order chi connectivity index (χ0) is 33.5. The molecule has 238 valence electrons. The highest BCUT2D eigenvalue weighted by molar-refractivity contribution is 7.25. The summed E-state index contributed by atoms with van der Waals surface area (Å²) in [6.07, 6.45) is 4.05. The van der Waals surface area contributed by atoms with Gasteiger partial charge in [0.15, 0.2) is 0 Å². The van der Waals surface area contributed by atoms with E-state index in [0.29, 0.717) is 0 Å². The Kier molecular flexibility index (Phi) is 6.09. The topological polar surface area (TPSA) is 35.6 Å². The molecule has 0 fully saturated rings. The molecular formula is C46H28N4S. The normalized spacial score (nSPS) is 11.9. The molecule has 0 saturated heterocycles. The van der Waals surface area contributed by atoms with Gasteiger partial charge in [0.05, 0.1) is 42.9 Å². The molecule has 0 unspecified atom stereocenters. The molecule has 5 heteroatoms. The zero-order valence-electron chi connectivity index (χ0n) is 27.4. The van der Waals surface area contributed by atoms with Gasteiger partial charge in [-0.1, -0.05) is 97.1 Å². The smallest absolute Gasteiger partial charge is 0.0710 e. The highest BCUT2D eigenvalue weighted by Crippen LogP contribution is 2.40. The van der Waals surface area contributed by atoms with Crippen LogP contribution >= 0.6 is 11.3 Å². The van der Waals surface area contributed by atoms with E-state index in [-0.39, 0.29) is 0 Å². The summed E-state index contributed by atoms with van der Waals surface area (Å²) in [5, 5.41) is 7.37. The first kappa shape index (κ1) is 28.3. The van der Waals surface area contributed by atoms with E-state index in [1.54, 1.807) is 11.3 Å². The minimum Gasteiger partial charge on any atom is -0.309 e. The molecule has 51 heavy (non-hydrogen) atoms. The number of hydrogen-bond acceptors (Lipinski definition) is 3. The van der Waals surface area contributed by atoms with Crippen LogP contribution in [0.2, 0.25) is 0 Å². The lowest BCUT2D eigenvalue weighted by Crippen LogP contribution is -1.93. The van der Waals surface area contributed by atoms with Crippen LogP contribution in [0, 0.1) is 0 Å². The van der Waals surface area contributed by atoms with Crippen molar-refractivity contribution < 1.29 is 0 Å². The monoisotopic (exact) mass is 668 g/mol. The second-order valence-corrected chi connectivity index (χ2v) is 14.2. The predicted molar refractivity (Wildman–Crippen MR) is 214 cm³/mol. The van der Waals surface area contributed by atoms with E-state index < -0.39 is 0 Å².